The average molecular weight is 290 g/mol. The van der Waals surface area contributed by atoms with Gasteiger partial charge in [0.05, 0.1) is 11.9 Å². The van der Waals surface area contributed by atoms with Crippen molar-refractivity contribution in [1.29, 1.82) is 0 Å². The van der Waals surface area contributed by atoms with E-state index in [2.05, 4.69) is 15.7 Å². The Bertz CT molecular complexity index is 459. The molecule has 2 fully saturated rings. The highest BCUT2D eigenvalue weighted by Crippen LogP contribution is 2.21. The maximum Gasteiger partial charge on any atom is 0.241 e. The molecule has 1 aromatic heterocycles. The lowest BCUT2D eigenvalue weighted by Gasteiger charge is -2.22. The number of anilines is 1. The normalized spacial score (nSPS) is 20.6. The fourth-order valence-electron chi connectivity index (χ4n) is 3.50. The topological polar surface area (TPSA) is 59.0 Å². The number of nitrogens with zero attached hydrogens (tertiary/aromatic N) is 2. The third-order valence-electron chi connectivity index (χ3n) is 4.64. The summed E-state index contributed by atoms with van der Waals surface area (Å²) in [5, 5.41) is 10.9. The van der Waals surface area contributed by atoms with Gasteiger partial charge >= 0.3 is 0 Å². The molecule has 2 saturated carbocycles. The fraction of sp³-hybridized carbons (Fsp3) is 0.750. The van der Waals surface area contributed by atoms with Gasteiger partial charge < -0.3 is 10.6 Å². The number of nitrogens with one attached hydrogen (secondary N) is 2. The zero-order valence-corrected chi connectivity index (χ0v) is 12.7. The van der Waals surface area contributed by atoms with Crippen LogP contribution in [0.5, 0.6) is 0 Å². The van der Waals surface area contributed by atoms with Crippen molar-refractivity contribution < 1.29 is 4.79 Å². The standard InChI is InChI=1S/C16H26N4O/c21-16(19-14-8-4-5-9-14)12-20-11-15(10-17-20)18-13-6-2-1-3-7-13/h10-11,13-14,18H,1-9,12H2,(H,19,21). The highest BCUT2D eigenvalue weighted by Gasteiger charge is 2.18. The molecule has 0 unspecified atom stereocenters. The molecule has 2 N–H and O–H groups in total. The number of carbonyl (C=O) groups is 1. The molecule has 0 saturated heterocycles. The van der Waals surface area contributed by atoms with Crippen LogP contribution in [-0.2, 0) is 11.3 Å². The Kier molecular flexibility index (Phi) is 4.78. The Morgan fingerprint density at radius 2 is 1.76 bits per heavy atom. The van der Waals surface area contributed by atoms with Crippen LogP contribution in [-0.4, -0.2) is 27.8 Å². The Hall–Kier alpha value is -1.52. The van der Waals surface area contributed by atoms with Gasteiger partial charge in [-0.15, -0.1) is 0 Å². The first-order valence-electron chi connectivity index (χ1n) is 8.38. The molecule has 0 bridgehead atoms. The summed E-state index contributed by atoms with van der Waals surface area (Å²) in [5.41, 5.74) is 1.04. The number of hydrogen-bond donors (Lipinski definition) is 2. The first-order chi connectivity index (χ1) is 10.3. The molecule has 21 heavy (non-hydrogen) atoms. The zero-order chi connectivity index (χ0) is 14.5. The first kappa shape index (κ1) is 14.4. The summed E-state index contributed by atoms with van der Waals surface area (Å²) in [7, 11) is 0. The van der Waals surface area contributed by atoms with Gasteiger partial charge in [0.15, 0.2) is 0 Å². The van der Waals surface area contributed by atoms with Gasteiger partial charge in [-0.2, -0.15) is 5.10 Å². The molecule has 1 heterocycles. The second kappa shape index (κ2) is 6.96. The third-order valence-corrected chi connectivity index (χ3v) is 4.64. The first-order valence-corrected chi connectivity index (χ1v) is 8.38. The van der Waals surface area contributed by atoms with Crippen molar-refractivity contribution >= 4 is 11.6 Å². The van der Waals surface area contributed by atoms with E-state index >= 15 is 0 Å². The number of rotatable bonds is 5. The lowest BCUT2D eigenvalue weighted by molar-refractivity contribution is -0.122. The number of amides is 1. The summed E-state index contributed by atoms with van der Waals surface area (Å²) in [6, 6.07) is 0.955. The number of aromatic nitrogens is 2. The smallest absolute Gasteiger partial charge is 0.241 e. The van der Waals surface area contributed by atoms with Gasteiger partial charge in [0, 0.05) is 18.3 Å². The van der Waals surface area contributed by atoms with E-state index in [9.17, 15) is 4.79 Å². The van der Waals surface area contributed by atoms with Crippen molar-refractivity contribution in [3.63, 3.8) is 0 Å². The SMILES string of the molecule is O=C(Cn1cc(NC2CCCCC2)cn1)NC1CCCC1. The average Bonchev–Trinajstić information content (AvgIpc) is 3.12. The molecule has 0 radical (unpaired) electrons. The maximum atomic E-state index is 12.0. The Morgan fingerprint density at radius 1 is 1.10 bits per heavy atom. The predicted molar refractivity (Wildman–Crippen MR) is 83.1 cm³/mol. The molecule has 0 aromatic carbocycles. The zero-order valence-electron chi connectivity index (χ0n) is 12.7. The quantitative estimate of drug-likeness (QED) is 0.876. The van der Waals surface area contributed by atoms with Crippen LogP contribution in [0.3, 0.4) is 0 Å². The van der Waals surface area contributed by atoms with Crippen molar-refractivity contribution in [2.75, 3.05) is 5.32 Å². The Labute approximate surface area is 126 Å². The molecule has 5 heteroatoms. The van der Waals surface area contributed by atoms with E-state index in [0.717, 1.165) is 18.5 Å². The molecule has 0 atom stereocenters. The van der Waals surface area contributed by atoms with Gasteiger partial charge in [-0.05, 0) is 25.7 Å². The summed E-state index contributed by atoms with van der Waals surface area (Å²) in [6.07, 6.45) is 15.0. The highest BCUT2D eigenvalue weighted by atomic mass is 16.2. The molecular formula is C16H26N4O. The minimum absolute atomic E-state index is 0.0780. The second-order valence-electron chi connectivity index (χ2n) is 6.45. The van der Waals surface area contributed by atoms with E-state index in [1.54, 1.807) is 4.68 Å². The number of carbonyl (C=O) groups excluding carboxylic acids is 1. The molecule has 1 amide bonds. The molecule has 2 aliphatic rings. The van der Waals surface area contributed by atoms with Crippen LogP contribution in [0.25, 0.3) is 0 Å². The van der Waals surface area contributed by atoms with Gasteiger partial charge in [-0.25, -0.2) is 0 Å². The van der Waals surface area contributed by atoms with Gasteiger partial charge in [0.25, 0.3) is 0 Å². The van der Waals surface area contributed by atoms with E-state index in [1.165, 1.54) is 44.9 Å². The van der Waals surface area contributed by atoms with E-state index in [0.29, 0.717) is 18.6 Å². The highest BCUT2D eigenvalue weighted by molar-refractivity contribution is 5.76. The van der Waals surface area contributed by atoms with Gasteiger partial charge in [-0.1, -0.05) is 32.1 Å². The van der Waals surface area contributed by atoms with Gasteiger partial charge in [-0.3, -0.25) is 9.48 Å². The summed E-state index contributed by atoms with van der Waals surface area (Å²) in [6.45, 7) is 0.322. The number of hydrogen-bond acceptors (Lipinski definition) is 3. The van der Waals surface area contributed by atoms with Crippen LogP contribution in [0.1, 0.15) is 57.8 Å². The Balaban J connectivity index is 1.46. The molecular weight excluding hydrogens is 264 g/mol. The summed E-state index contributed by atoms with van der Waals surface area (Å²) >= 11 is 0. The van der Waals surface area contributed by atoms with Crippen LogP contribution >= 0.6 is 0 Å². The molecule has 3 rings (SSSR count). The van der Waals surface area contributed by atoms with Crippen LogP contribution in [0.2, 0.25) is 0 Å². The van der Waals surface area contributed by atoms with Crippen LogP contribution in [0, 0.1) is 0 Å². The summed E-state index contributed by atoms with van der Waals surface area (Å²) in [4.78, 5) is 12.0. The Morgan fingerprint density at radius 3 is 2.52 bits per heavy atom. The fourth-order valence-corrected chi connectivity index (χ4v) is 3.50. The molecule has 0 spiro atoms. The lowest BCUT2D eigenvalue weighted by Crippen LogP contribution is -2.35. The van der Waals surface area contributed by atoms with Crippen molar-refractivity contribution in [3.05, 3.63) is 12.4 Å². The van der Waals surface area contributed by atoms with E-state index in [1.807, 2.05) is 12.4 Å². The molecule has 0 aliphatic heterocycles. The minimum Gasteiger partial charge on any atom is -0.380 e. The van der Waals surface area contributed by atoms with Crippen molar-refractivity contribution in [3.8, 4) is 0 Å². The molecule has 2 aliphatic carbocycles. The third kappa shape index (κ3) is 4.22. The predicted octanol–water partition coefficient (Wildman–Crippen LogP) is 2.69. The largest absolute Gasteiger partial charge is 0.380 e. The van der Waals surface area contributed by atoms with Gasteiger partial charge in [0.2, 0.25) is 5.91 Å². The van der Waals surface area contributed by atoms with Crippen LogP contribution in [0.15, 0.2) is 12.4 Å². The minimum atomic E-state index is 0.0780. The monoisotopic (exact) mass is 290 g/mol. The molecule has 5 nitrogen and oxygen atoms in total. The summed E-state index contributed by atoms with van der Waals surface area (Å²) in [5.74, 6) is 0.0780. The molecule has 116 valence electrons. The van der Waals surface area contributed by atoms with Crippen LogP contribution < -0.4 is 10.6 Å². The van der Waals surface area contributed by atoms with Crippen molar-refractivity contribution in [2.45, 2.75) is 76.4 Å². The van der Waals surface area contributed by atoms with Crippen LogP contribution in [0.4, 0.5) is 5.69 Å². The maximum absolute atomic E-state index is 12.0. The van der Waals surface area contributed by atoms with E-state index in [-0.39, 0.29) is 5.91 Å². The molecule has 1 aromatic rings. The van der Waals surface area contributed by atoms with Crippen molar-refractivity contribution in [1.82, 2.24) is 15.1 Å². The van der Waals surface area contributed by atoms with E-state index < -0.39 is 0 Å². The van der Waals surface area contributed by atoms with E-state index in [4.69, 9.17) is 0 Å². The van der Waals surface area contributed by atoms with Gasteiger partial charge in [0.1, 0.15) is 6.54 Å². The second-order valence-corrected chi connectivity index (χ2v) is 6.45. The summed E-state index contributed by atoms with van der Waals surface area (Å²) < 4.78 is 1.73. The lowest BCUT2D eigenvalue weighted by atomic mass is 9.95. The van der Waals surface area contributed by atoms with Crippen molar-refractivity contribution in [2.24, 2.45) is 0 Å².